The fraction of sp³-hybridized carbons (Fsp3) is 0.292. The Hall–Kier alpha value is -3.85. The second-order valence-electron chi connectivity index (χ2n) is 7.62. The SMILES string of the molecule is CCCCNc1nc(N)nc2cnn(Cc3ccc(Oc4ccc(CO)cc4)cc3OC)c12. The van der Waals surface area contributed by atoms with Crippen molar-refractivity contribution in [2.24, 2.45) is 0 Å². The number of nitrogens with one attached hydrogen (secondary N) is 1. The average Bonchev–Trinajstić information content (AvgIpc) is 3.23. The number of rotatable bonds is 10. The first kappa shape index (κ1) is 22.3. The number of methoxy groups -OCH3 is 1. The van der Waals surface area contributed by atoms with Crippen LogP contribution < -0.4 is 20.5 Å². The first-order valence-corrected chi connectivity index (χ1v) is 10.9. The summed E-state index contributed by atoms with van der Waals surface area (Å²) in [4.78, 5) is 8.71. The largest absolute Gasteiger partial charge is 0.496 e. The van der Waals surface area contributed by atoms with Crippen molar-refractivity contribution in [3.63, 3.8) is 0 Å². The highest BCUT2D eigenvalue weighted by Crippen LogP contribution is 2.30. The van der Waals surface area contributed by atoms with Crippen LogP contribution in [0, 0.1) is 0 Å². The number of aliphatic hydroxyl groups excluding tert-OH is 1. The molecule has 0 aliphatic carbocycles. The molecule has 172 valence electrons. The van der Waals surface area contributed by atoms with Gasteiger partial charge in [-0.2, -0.15) is 10.1 Å². The molecule has 9 nitrogen and oxygen atoms in total. The quantitative estimate of drug-likeness (QED) is 0.312. The predicted molar refractivity (Wildman–Crippen MR) is 128 cm³/mol. The molecule has 4 aromatic rings. The molecule has 2 aromatic heterocycles. The highest BCUT2D eigenvalue weighted by atomic mass is 16.5. The van der Waals surface area contributed by atoms with Gasteiger partial charge in [-0.25, -0.2) is 4.98 Å². The van der Waals surface area contributed by atoms with E-state index in [1.54, 1.807) is 13.3 Å². The van der Waals surface area contributed by atoms with E-state index >= 15 is 0 Å². The number of ether oxygens (including phenoxy) is 2. The first-order valence-electron chi connectivity index (χ1n) is 10.9. The van der Waals surface area contributed by atoms with Gasteiger partial charge in [0.2, 0.25) is 5.95 Å². The van der Waals surface area contributed by atoms with Gasteiger partial charge < -0.3 is 25.6 Å². The third-order valence-electron chi connectivity index (χ3n) is 5.25. The van der Waals surface area contributed by atoms with Gasteiger partial charge in [0.15, 0.2) is 5.82 Å². The summed E-state index contributed by atoms with van der Waals surface area (Å²) in [7, 11) is 1.63. The molecule has 0 atom stereocenters. The van der Waals surface area contributed by atoms with E-state index in [2.05, 4.69) is 27.3 Å². The lowest BCUT2D eigenvalue weighted by molar-refractivity contribution is 0.281. The molecule has 0 aliphatic heterocycles. The molecule has 0 radical (unpaired) electrons. The van der Waals surface area contributed by atoms with Gasteiger partial charge in [-0.15, -0.1) is 0 Å². The number of unbranched alkanes of at least 4 members (excludes halogenated alkanes) is 1. The maximum Gasteiger partial charge on any atom is 0.222 e. The van der Waals surface area contributed by atoms with Gasteiger partial charge >= 0.3 is 0 Å². The Morgan fingerprint density at radius 3 is 2.61 bits per heavy atom. The molecule has 0 amide bonds. The normalized spacial score (nSPS) is 11.0. The number of hydrogen-bond donors (Lipinski definition) is 3. The van der Waals surface area contributed by atoms with Gasteiger partial charge in [0, 0.05) is 18.2 Å². The summed E-state index contributed by atoms with van der Waals surface area (Å²) < 4.78 is 13.4. The lowest BCUT2D eigenvalue weighted by Crippen LogP contribution is -2.10. The molecular formula is C24H28N6O3. The maximum absolute atomic E-state index is 9.19. The van der Waals surface area contributed by atoms with Crippen molar-refractivity contribution in [2.75, 3.05) is 24.7 Å². The van der Waals surface area contributed by atoms with Crippen LogP contribution in [0.4, 0.5) is 11.8 Å². The van der Waals surface area contributed by atoms with Crippen molar-refractivity contribution < 1.29 is 14.6 Å². The minimum absolute atomic E-state index is 0.00161. The second kappa shape index (κ2) is 10.2. The van der Waals surface area contributed by atoms with Crippen molar-refractivity contribution in [1.82, 2.24) is 19.7 Å². The van der Waals surface area contributed by atoms with Crippen LogP contribution in [0.25, 0.3) is 11.0 Å². The van der Waals surface area contributed by atoms with E-state index in [1.165, 1.54) is 0 Å². The molecule has 0 aliphatic rings. The number of aromatic nitrogens is 4. The Bertz CT molecular complexity index is 1220. The van der Waals surface area contributed by atoms with Crippen LogP contribution in [-0.2, 0) is 13.2 Å². The summed E-state index contributed by atoms with van der Waals surface area (Å²) in [5.41, 5.74) is 9.13. The lowest BCUT2D eigenvalue weighted by atomic mass is 10.2. The highest BCUT2D eigenvalue weighted by molar-refractivity contribution is 5.86. The van der Waals surface area contributed by atoms with Crippen LogP contribution in [0.5, 0.6) is 17.2 Å². The molecule has 4 rings (SSSR count). The molecule has 0 saturated carbocycles. The minimum atomic E-state index is -0.00161. The molecule has 4 N–H and O–H groups in total. The molecule has 33 heavy (non-hydrogen) atoms. The molecule has 2 heterocycles. The molecule has 0 bridgehead atoms. The van der Waals surface area contributed by atoms with Gasteiger partial charge in [-0.3, -0.25) is 4.68 Å². The van der Waals surface area contributed by atoms with Gasteiger partial charge in [0.25, 0.3) is 0 Å². The zero-order valence-electron chi connectivity index (χ0n) is 18.8. The lowest BCUT2D eigenvalue weighted by Gasteiger charge is -2.14. The number of fused-ring (bicyclic) bond motifs is 1. The summed E-state index contributed by atoms with van der Waals surface area (Å²) in [6, 6.07) is 13.0. The first-order chi connectivity index (χ1) is 16.1. The Labute approximate surface area is 192 Å². The van der Waals surface area contributed by atoms with E-state index in [0.29, 0.717) is 35.1 Å². The number of anilines is 2. The Balaban J connectivity index is 1.59. The second-order valence-corrected chi connectivity index (χ2v) is 7.62. The zero-order chi connectivity index (χ0) is 23.2. The Kier molecular flexibility index (Phi) is 6.89. The van der Waals surface area contributed by atoms with Crippen LogP contribution >= 0.6 is 0 Å². The average molecular weight is 449 g/mol. The van der Waals surface area contributed by atoms with Crippen molar-refractivity contribution in [2.45, 2.75) is 32.9 Å². The van der Waals surface area contributed by atoms with Gasteiger partial charge in [-0.1, -0.05) is 25.5 Å². The van der Waals surface area contributed by atoms with E-state index < -0.39 is 0 Å². The molecule has 2 aromatic carbocycles. The van der Waals surface area contributed by atoms with E-state index in [0.717, 1.165) is 36.0 Å². The van der Waals surface area contributed by atoms with E-state index in [9.17, 15) is 5.11 Å². The third kappa shape index (κ3) is 5.15. The third-order valence-corrected chi connectivity index (χ3v) is 5.25. The fourth-order valence-corrected chi connectivity index (χ4v) is 3.52. The molecule has 0 saturated heterocycles. The zero-order valence-corrected chi connectivity index (χ0v) is 18.8. The van der Waals surface area contributed by atoms with E-state index in [1.807, 2.05) is 47.1 Å². The van der Waals surface area contributed by atoms with Crippen molar-refractivity contribution in [1.29, 1.82) is 0 Å². The molecule has 0 unspecified atom stereocenters. The van der Waals surface area contributed by atoms with Crippen molar-refractivity contribution in [3.05, 3.63) is 59.8 Å². The maximum atomic E-state index is 9.19. The van der Waals surface area contributed by atoms with Gasteiger partial charge in [0.05, 0.1) is 26.5 Å². The van der Waals surface area contributed by atoms with Crippen LogP contribution in [-0.4, -0.2) is 38.5 Å². The number of aliphatic hydroxyl groups is 1. The molecule has 0 spiro atoms. The van der Waals surface area contributed by atoms with Crippen molar-refractivity contribution in [3.8, 4) is 17.2 Å². The summed E-state index contributed by atoms with van der Waals surface area (Å²) in [5.74, 6) is 2.90. The van der Waals surface area contributed by atoms with Crippen LogP contribution in [0.1, 0.15) is 30.9 Å². The number of hydrogen-bond acceptors (Lipinski definition) is 8. The number of nitrogens with two attached hydrogens (primary N) is 1. The molecular weight excluding hydrogens is 420 g/mol. The van der Waals surface area contributed by atoms with Crippen LogP contribution in [0.15, 0.2) is 48.7 Å². The van der Waals surface area contributed by atoms with Crippen molar-refractivity contribution >= 4 is 22.8 Å². The summed E-state index contributed by atoms with van der Waals surface area (Å²) in [5, 5.41) is 17.1. The monoisotopic (exact) mass is 448 g/mol. The summed E-state index contributed by atoms with van der Waals surface area (Å²) >= 11 is 0. The van der Waals surface area contributed by atoms with Gasteiger partial charge in [0.1, 0.15) is 28.3 Å². The summed E-state index contributed by atoms with van der Waals surface area (Å²) in [6.45, 7) is 3.40. The topological polar surface area (TPSA) is 120 Å². The minimum Gasteiger partial charge on any atom is -0.496 e. The summed E-state index contributed by atoms with van der Waals surface area (Å²) in [6.07, 6.45) is 3.79. The van der Waals surface area contributed by atoms with E-state index in [4.69, 9.17) is 15.2 Å². The van der Waals surface area contributed by atoms with Crippen LogP contribution in [0.3, 0.4) is 0 Å². The Morgan fingerprint density at radius 2 is 1.88 bits per heavy atom. The molecule has 9 heteroatoms. The number of nitrogen functional groups attached to an aromatic ring is 1. The van der Waals surface area contributed by atoms with E-state index in [-0.39, 0.29) is 12.6 Å². The molecule has 0 fully saturated rings. The number of benzene rings is 2. The number of nitrogens with zero attached hydrogens (tertiary/aromatic N) is 4. The standard InChI is InChI=1S/C24H28N6O3/c1-3-4-11-26-23-22-20(28-24(25)29-23)13-27-30(22)14-17-7-10-19(12-21(17)32-2)33-18-8-5-16(15-31)6-9-18/h5-10,12-13,31H,3-4,11,14-15H2,1-2H3,(H3,25,26,28,29). The fourth-order valence-electron chi connectivity index (χ4n) is 3.52. The van der Waals surface area contributed by atoms with Gasteiger partial charge in [-0.05, 0) is 36.2 Å². The predicted octanol–water partition coefficient (Wildman–Crippen LogP) is 3.96. The van der Waals surface area contributed by atoms with Crippen LogP contribution in [0.2, 0.25) is 0 Å². The highest BCUT2D eigenvalue weighted by Gasteiger charge is 2.15. The Morgan fingerprint density at radius 1 is 1.09 bits per heavy atom. The smallest absolute Gasteiger partial charge is 0.222 e.